The molecule has 34 heavy (non-hydrogen) atoms. The van der Waals surface area contributed by atoms with Crippen molar-refractivity contribution in [3.05, 3.63) is 107 Å². The van der Waals surface area contributed by atoms with Crippen LogP contribution in [0.3, 0.4) is 0 Å². The predicted molar refractivity (Wildman–Crippen MR) is 130 cm³/mol. The SMILES string of the molecule is CC(=O)[C@@H]1C(=O)N(c2ccccc2)C(C)=C(C(=O)Nc2ccccc2)[C@H]1c1ccc(C=O)cc1. The van der Waals surface area contributed by atoms with Crippen molar-refractivity contribution >= 4 is 35.3 Å². The van der Waals surface area contributed by atoms with E-state index in [0.717, 1.165) is 6.29 Å². The molecule has 4 rings (SSSR count). The van der Waals surface area contributed by atoms with Gasteiger partial charge in [0.05, 0.1) is 0 Å². The molecule has 0 bridgehead atoms. The maximum atomic E-state index is 13.7. The molecular weight excluding hydrogens is 428 g/mol. The van der Waals surface area contributed by atoms with Gasteiger partial charge < -0.3 is 5.32 Å². The zero-order valence-electron chi connectivity index (χ0n) is 18.9. The predicted octanol–water partition coefficient (Wildman–Crippen LogP) is 4.75. The Kier molecular flexibility index (Phi) is 6.50. The molecule has 1 heterocycles. The molecule has 0 unspecified atom stereocenters. The first-order chi connectivity index (χ1) is 16.4. The van der Waals surface area contributed by atoms with Crippen LogP contribution < -0.4 is 10.2 Å². The standard InChI is InChI=1S/C28H24N2O4/c1-18-24(27(33)29-22-9-5-3-6-10-22)26(21-15-13-20(17-31)14-16-21)25(19(2)32)28(34)30(18)23-11-7-4-8-12-23/h3-17,25-26H,1-2H3,(H,29,33)/t25-,26+/m0/s1. The third-order valence-corrected chi connectivity index (χ3v) is 6.02. The van der Waals surface area contributed by atoms with Gasteiger partial charge in [-0.05, 0) is 43.7 Å². The number of hydrogen-bond acceptors (Lipinski definition) is 4. The van der Waals surface area contributed by atoms with Crippen LogP contribution in [0.15, 0.2) is 96.2 Å². The number of para-hydroxylation sites is 2. The number of carbonyl (C=O) groups is 4. The monoisotopic (exact) mass is 452 g/mol. The highest BCUT2D eigenvalue weighted by atomic mass is 16.2. The van der Waals surface area contributed by atoms with Gasteiger partial charge in [0.2, 0.25) is 5.91 Å². The van der Waals surface area contributed by atoms with Crippen molar-refractivity contribution in [3.8, 4) is 0 Å². The average molecular weight is 453 g/mol. The molecule has 0 saturated heterocycles. The molecule has 0 radical (unpaired) electrons. The van der Waals surface area contributed by atoms with E-state index in [1.165, 1.54) is 11.8 Å². The number of rotatable bonds is 6. The first-order valence-electron chi connectivity index (χ1n) is 10.9. The second-order valence-electron chi connectivity index (χ2n) is 8.18. The molecule has 2 amide bonds. The van der Waals surface area contributed by atoms with Crippen LogP contribution in [-0.2, 0) is 14.4 Å². The van der Waals surface area contributed by atoms with Crippen LogP contribution in [0.1, 0.15) is 35.7 Å². The van der Waals surface area contributed by atoms with E-state index in [1.807, 2.05) is 24.3 Å². The molecule has 1 N–H and O–H groups in total. The highest BCUT2D eigenvalue weighted by molar-refractivity contribution is 6.16. The fourth-order valence-electron chi connectivity index (χ4n) is 4.43. The van der Waals surface area contributed by atoms with Gasteiger partial charge in [-0.25, -0.2) is 0 Å². The van der Waals surface area contributed by atoms with E-state index < -0.39 is 23.7 Å². The lowest BCUT2D eigenvalue weighted by atomic mass is 9.74. The largest absolute Gasteiger partial charge is 0.322 e. The number of amides is 2. The summed E-state index contributed by atoms with van der Waals surface area (Å²) in [7, 11) is 0. The molecule has 2 atom stereocenters. The first kappa shape index (κ1) is 22.9. The number of nitrogens with zero attached hydrogens (tertiary/aromatic N) is 1. The molecule has 0 aromatic heterocycles. The van der Waals surface area contributed by atoms with Crippen molar-refractivity contribution in [3.63, 3.8) is 0 Å². The number of anilines is 2. The van der Waals surface area contributed by atoms with Gasteiger partial charge in [-0.15, -0.1) is 0 Å². The Balaban J connectivity index is 1.92. The minimum absolute atomic E-state index is 0.325. The molecule has 3 aromatic carbocycles. The van der Waals surface area contributed by atoms with Crippen molar-refractivity contribution < 1.29 is 19.2 Å². The van der Waals surface area contributed by atoms with Gasteiger partial charge >= 0.3 is 0 Å². The van der Waals surface area contributed by atoms with Crippen LogP contribution in [0.25, 0.3) is 0 Å². The summed E-state index contributed by atoms with van der Waals surface area (Å²) in [5.41, 5.74) is 3.04. The van der Waals surface area contributed by atoms with E-state index >= 15 is 0 Å². The molecular formula is C28H24N2O4. The fourth-order valence-corrected chi connectivity index (χ4v) is 4.43. The van der Waals surface area contributed by atoms with Crippen LogP contribution in [0.2, 0.25) is 0 Å². The second kappa shape index (κ2) is 9.67. The minimum Gasteiger partial charge on any atom is -0.322 e. The molecule has 0 fully saturated rings. The van der Waals surface area contributed by atoms with E-state index in [9.17, 15) is 19.2 Å². The smallest absolute Gasteiger partial charge is 0.254 e. The molecule has 1 aliphatic rings. The van der Waals surface area contributed by atoms with Gasteiger partial charge in [0.1, 0.15) is 18.0 Å². The minimum atomic E-state index is -1.09. The number of allylic oxidation sites excluding steroid dienone is 1. The van der Waals surface area contributed by atoms with E-state index in [-0.39, 0.29) is 5.78 Å². The van der Waals surface area contributed by atoms with Gasteiger partial charge in [0.25, 0.3) is 5.91 Å². The number of benzene rings is 3. The average Bonchev–Trinajstić information content (AvgIpc) is 2.84. The molecule has 170 valence electrons. The van der Waals surface area contributed by atoms with Crippen molar-refractivity contribution in [1.82, 2.24) is 0 Å². The lowest BCUT2D eigenvalue weighted by molar-refractivity contribution is -0.132. The summed E-state index contributed by atoms with van der Waals surface area (Å²) < 4.78 is 0. The van der Waals surface area contributed by atoms with Crippen LogP contribution in [0, 0.1) is 5.92 Å². The number of ketones is 1. The maximum absolute atomic E-state index is 13.7. The summed E-state index contributed by atoms with van der Waals surface area (Å²) in [4.78, 5) is 52.8. The van der Waals surface area contributed by atoms with Crippen molar-refractivity contribution in [2.24, 2.45) is 5.92 Å². The summed E-state index contributed by atoms with van der Waals surface area (Å²) in [5.74, 6) is -3.02. The van der Waals surface area contributed by atoms with Crippen LogP contribution in [0.4, 0.5) is 11.4 Å². The first-order valence-corrected chi connectivity index (χ1v) is 10.9. The summed E-state index contributed by atoms with van der Waals surface area (Å²) in [6, 6.07) is 24.6. The van der Waals surface area contributed by atoms with Crippen LogP contribution in [0.5, 0.6) is 0 Å². The zero-order valence-corrected chi connectivity index (χ0v) is 18.9. The summed E-state index contributed by atoms with van der Waals surface area (Å²) in [6.07, 6.45) is 0.722. The Hall–Kier alpha value is -4.32. The van der Waals surface area contributed by atoms with E-state index in [0.29, 0.717) is 33.8 Å². The molecule has 1 aliphatic heterocycles. The van der Waals surface area contributed by atoms with Crippen molar-refractivity contribution in [2.45, 2.75) is 19.8 Å². The molecule has 0 saturated carbocycles. The molecule has 0 spiro atoms. The quantitative estimate of drug-likeness (QED) is 0.432. The van der Waals surface area contributed by atoms with Crippen molar-refractivity contribution in [1.29, 1.82) is 0 Å². The van der Waals surface area contributed by atoms with Gasteiger partial charge in [-0.1, -0.05) is 60.7 Å². The van der Waals surface area contributed by atoms with Gasteiger partial charge in [-0.3, -0.25) is 24.1 Å². The Morgan fingerprint density at radius 1 is 0.882 bits per heavy atom. The molecule has 0 aliphatic carbocycles. The van der Waals surface area contributed by atoms with Crippen molar-refractivity contribution in [2.75, 3.05) is 10.2 Å². The van der Waals surface area contributed by atoms with E-state index in [4.69, 9.17) is 0 Å². The Bertz CT molecular complexity index is 1260. The van der Waals surface area contributed by atoms with Gasteiger partial charge in [0, 0.05) is 34.1 Å². The fraction of sp³-hybridized carbons (Fsp3) is 0.143. The number of Topliss-reactive ketones (excluding diaryl/α,β-unsaturated/α-hetero) is 1. The zero-order chi connectivity index (χ0) is 24.2. The summed E-state index contributed by atoms with van der Waals surface area (Å²) >= 11 is 0. The molecule has 3 aromatic rings. The normalized spacial score (nSPS) is 17.9. The summed E-state index contributed by atoms with van der Waals surface area (Å²) in [6.45, 7) is 3.08. The number of hydrogen-bond donors (Lipinski definition) is 1. The highest BCUT2D eigenvalue weighted by Gasteiger charge is 2.46. The Labute approximate surface area is 197 Å². The number of nitrogens with one attached hydrogen (secondary N) is 1. The lowest BCUT2D eigenvalue weighted by Crippen LogP contribution is -2.48. The van der Waals surface area contributed by atoms with Crippen LogP contribution >= 0.6 is 0 Å². The number of aldehydes is 1. The van der Waals surface area contributed by atoms with E-state index in [1.54, 1.807) is 67.6 Å². The third-order valence-electron chi connectivity index (χ3n) is 6.02. The third kappa shape index (κ3) is 4.30. The Morgan fingerprint density at radius 2 is 1.47 bits per heavy atom. The molecule has 6 heteroatoms. The highest BCUT2D eigenvalue weighted by Crippen LogP contribution is 2.43. The van der Waals surface area contributed by atoms with Gasteiger partial charge in [0.15, 0.2) is 0 Å². The topological polar surface area (TPSA) is 83.6 Å². The summed E-state index contributed by atoms with van der Waals surface area (Å²) in [5, 5.41) is 2.91. The Morgan fingerprint density at radius 3 is 2.03 bits per heavy atom. The lowest BCUT2D eigenvalue weighted by Gasteiger charge is -2.39. The second-order valence-corrected chi connectivity index (χ2v) is 8.18. The molecule has 6 nitrogen and oxygen atoms in total. The maximum Gasteiger partial charge on any atom is 0.254 e. The number of carbonyl (C=O) groups excluding carboxylic acids is 4. The van der Waals surface area contributed by atoms with Crippen LogP contribution in [-0.4, -0.2) is 23.9 Å². The van der Waals surface area contributed by atoms with E-state index in [2.05, 4.69) is 5.32 Å². The van der Waals surface area contributed by atoms with Gasteiger partial charge in [-0.2, -0.15) is 0 Å².